The summed E-state index contributed by atoms with van der Waals surface area (Å²) in [5.74, 6) is 0. The lowest BCUT2D eigenvalue weighted by atomic mass is 9.81. The minimum atomic E-state index is 1.26. The maximum absolute atomic E-state index is 2.50. The highest BCUT2D eigenvalue weighted by Crippen LogP contribution is 2.51. The van der Waals surface area contributed by atoms with Crippen LogP contribution in [0.5, 0.6) is 0 Å². The molecule has 0 saturated carbocycles. The van der Waals surface area contributed by atoms with Gasteiger partial charge in [0.25, 0.3) is 0 Å². The van der Waals surface area contributed by atoms with Crippen molar-refractivity contribution in [1.29, 1.82) is 0 Å². The lowest BCUT2D eigenvalue weighted by molar-refractivity contribution is 1.71. The van der Waals surface area contributed by atoms with Crippen LogP contribution in [0.3, 0.4) is 0 Å². The van der Waals surface area contributed by atoms with E-state index in [0.29, 0.717) is 0 Å². The third-order valence-electron chi connectivity index (χ3n) is 13.0. The SMILES string of the molecule is c1ccc2c(-c3cc4c5ccccc5c5ccccc5c4c4ccccc34)c3ccccc3c(-c3cc4c5ccccc5c5ccccc5c4c4ccccc34)c2c1. The number of hydrogen-bond acceptors (Lipinski definition) is 0. The van der Waals surface area contributed by atoms with E-state index in [4.69, 9.17) is 0 Å². The van der Waals surface area contributed by atoms with Crippen LogP contribution in [0.25, 0.3) is 130 Å². The number of rotatable bonds is 2. The monoisotopic (exact) mass is 730 g/mol. The molecule has 0 heterocycles. The van der Waals surface area contributed by atoms with Gasteiger partial charge in [-0.05, 0) is 142 Å². The van der Waals surface area contributed by atoms with E-state index in [0.717, 1.165) is 0 Å². The maximum atomic E-state index is 2.50. The van der Waals surface area contributed by atoms with Gasteiger partial charge < -0.3 is 0 Å². The quantitative estimate of drug-likeness (QED) is 0.123. The molecule has 0 aliphatic carbocycles. The summed E-state index contributed by atoms with van der Waals surface area (Å²) in [6.07, 6.45) is 0. The Morgan fingerprint density at radius 1 is 0.155 bits per heavy atom. The van der Waals surface area contributed by atoms with Crippen LogP contribution >= 0.6 is 0 Å². The topological polar surface area (TPSA) is 0 Å². The van der Waals surface area contributed by atoms with Crippen LogP contribution in [0, 0.1) is 0 Å². The van der Waals surface area contributed by atoms with Crippen molar-refractivity contribution >= 4 is 108 Å². The van der Waals surface area contributed by atoms with Crippen LogP contribution in [0.2, 0.25) is 0 Å². The molecule has 0 heteroatoms. The van der Waals surface area contributed by atoms with Crippen molar-refractivity contribution in [3.8, 4) is 22.3 Å². The third kappa shape index (κ3) is 4.24. The molecule has 0 unspecified atom stereocenters. The normalized spacial score (nSPS) is 12.1. The molecule has 0 N–H and O–H groups in total. The third-order valence-corrected chi connectivity index (χ3v) is 13.0. The van der Waals surface area contributed by atoms with Gasteiger partial charge in [0.05, 0.1) is 0 Å². The van der Waals surface area contributed by atoms with Gasteiger partial charge in [-0.2, -0.15) is 0 Å². The second-order valence-corrected chi connectivity index (χ2v) is 15.8. The van der Waals surface area contributed by atoms with Gasteiger partial charge in [0.2, 0.25) is 0 Å². The first-order valence-corrected chi connectivity index (χ1v) is 20.3. The molecule has 13 aromatic carbocycles. The molecule has 0 aromatic heterocycles. The van der Waals surface area contributed by atoms with Gasteiger partial charge in [-0.1, -0.05) is 194 Å². The Labute approximate surface area is 334 Å². The summed E-state index contributed by atoms with van der Waals surface area (Å²) in [5, 5.41) is 25.7. The van der Waals surface area contributed by atoms with Crippen LogP contribution in [0.1, 0.15) is 0 Å². The van der Waals surface area contributed by atoms with Crippen LogP contribution in [0.15, 0.2) is 206 Å². The minimum absolute atomic E-state index is 1.26. The molecule has 0 aliphatic heterocycles. The average molecular weight is 731 g/mol. The van der Waals surface area contributed by atoms with Gasteiger partial charge in [-0.25, -0.2) is 0 Å². The second-order valence-electron chi connectivity index (χ2n) is 15.8. The average Bonchev–Trinajstić information content (AvgIpc) is 3.30. The van der Waals surface area contributed by atoms with Crippen LogP contribution in [0.4, 0.5) is 0 Å². The molecule has 13 rings (SSSR count). The molecule has 0 bridgehead atoms. The molecule has 13 aromatic rings. The molecule has 0 spiro atoms. The fraction of sp³-hybridized carbons (Fsp3) is 0. The first-order chi connectivity index (χ1) is 28.8. The molecule has 266 valence electrons. The Balaban J connectivity index is 1.22. The molecule has 0 nitrogen and oxygen atoms in total. The van der Waals surface area contributed by atoms with E-state index >= 15 is 0 Å². The highest BCUT2D eigenvalue weighted by molar-refractivity contribution is 6.37. The largest absolute Gasteiger partial charge is 0.0616 e. The Hall–Kier alpha value is -7.54. The lowest BCUT2D eigenvalue weighted by Crippen LogP contribution is -1.94. The van der Waals surface area contributed by atoms with Gasteiger partial charge in [0, 0.05) is 0 Å². The van der Waals surface area contributed by atoms with Gasteiger partial charge >= 0.3 is 0 Å². The lowest BCUT2D eigenvalue weighted by Gasteiger charge is -2.22. The minimum Gasteiger partial charge on any atom is -0.0616 e. The van der Waals surface area contributed by atoms with E-state index in [2.05, 4.69) is 206 Å². The Morgan fingerprint density at radius 2 is 0.345 bits per heavy atom. The van der Waals surface area contributed by atoms with Crippen molar-refractivity contribution < 1.29 is 0 Å². The summed E-state index contributed by atoms with van der Waals surface area (Å²) in [7, 11) is 0. The molecule has 58 heavy (non-hydrogen) atoms. The van der Waals surface area contributed by atoms with E-state index in [1.54, 1.807) is 0 Å². The standard InChI is InChI=1S/C58H34/c1-3-21-39-35(17-1)37-19-5-9-25-43(37)55-45-27-11-7-23-41(45)53(33-51(39)55)57-47-29-13-15-31-49(47)58(50-32-16-14-30-48(50)57)54-34-52-40-22-4-2-18-36(40)38-20-6-10-26-44(38)56(52)46-28-12-8-24-42(46)54/h1-34H. The molecule has 0 radical (unpaired) electrons. The summed E-state index contributed by atoms with van der Waals surface area (Å²) in [4.78, 5) is 0. The van der Waals surface area contributed by atoms with E-state index < -0.39 is 0 Å². The van der Waals surface area contributed by atoms with Gasteiger partial charge in [0.1, 0.15) is 0 Å². The summed E-state index contributed by atoms with van der Waals surface area (Å²) in [6.45, 7) is 0. The van der Waals surface area contributed by atoms with Gasteiger partial charge in [-0.3, -0.25) is 0 Å². The zero-order chi connectivity index (χ0) is 37.9. The fourth-order valence-electron chi connectivity index (χ4n) is 10.7. The van der Waals surface area contributed by atoms with Crippen molar-refractivity contribution in [1.82, 2.24) is 0 Å². The second kappa shape index (κ2) is 12.0. The van der Waals surface area contributed by atoms with E-state index in [1.807, 2.05) is 0 Å². The van der Waals surface area contributed by atoms with Crippen LogP contribution < -0.4 is 0 Å². The Kier molecular flexibility index (Phi) is 6.54. The predicted molar refractivity (Wildman–Crippen MR) is 252 cm³/mol. The molecular formula is C58H34. The molecule has 0 atom stereocenters. The summed E-state index contributed by atoms with van der Waals surface area (Å²) in [6, 6.07) is 77.2. The molecule has 0 amide bonds. The van der Waals surface area contributed by atoms with Crippen LogP contribution in [-0.2, 0) is 0 Å². The summed E-state index contributed by atoms with van der Waals surface area (Å²) in [5.41, 5.74) is 5.10. The smallest absolute Gasteiger partial charge is 0.00199 e. The van der Waals surface area contributed by atoms with Crippen molar-refractivity contribution in [3.05, 3.63) is 206 Å². The number of hydrogen-bond donors (Lipinski definition) is 0. The highest BCUT2D eigenvalue weighted by Gasteiger charge is 2.23. The van der Waals surface area contributed by atoms with Crippen molar-refractivity contribution in [2.24, 2.45) is 0 Å². The zero-order valence-electron chi connectivity index (χ0n) is 31.6. The highest BCUT2D eigenvalue weighted by atomic mass is 14.3. The first kappa shape index (κ1) is 31.6. The molecular weight excluding hydrogens is 697 g/mol. The predicted octanol–water partition coefficient (Wildman–Crippen LogP) is 16.6. The Bertz CT molecular complexity index is 3590. The van der Waals surface area contributed by atoms with Gasteiger partial charge in [0.15, 0.2) is 0 Å². The van der Waals surface area contributed by atoms with E-state index in [1.165, 1.54) is 130 Å². The van der Waals surface area contributed by atoms with Crippen LogP contribution in [-0.4, -0.2) is 0 Å². The van der Waals surface area contributed by atoms with Crippen molar-refractivity contribution in [3.63, 3.8) is 0 Å². The first-order valence-electron chi connectivity index (χ1n) is 20.3. The number of fused-ring (bicyclic) bond motifs is 18. The summed E-state index contributed by atoms with van der Waals surface area (Å²) < 4.78 is 0. The van der Waals surface area contributed by atoms with Crippen molar-refractivity contribution in [2.45, 2.75) is 0 Å². The van der Waals surface area contributed by atoms with Crippen molar-refractivity contribution in [2.75, 3.05) is 0 Å². The van der Waals surface area contributed by atoms with Gasteiger partial charge in [-0.15, -0.1) is 0 Å². The number of benzene rings is 13. The maximum Gasteiger partial charge on any atom is -0.00199 e. The molecule has 0 aliphatic rings. The zero-order valence-corrected chi connectivity index (χ0v) is 31.6. The molecule has 0 fully saturated rings. The summed E-state index contributed by atoms with van der Waals surface area (Å²) >= 11 is 0. The fourth-order valence-corrected chi connectivity index (χ4v) is 10.7. The molecule has 0 saturated heterocycles. The van der Waals surface area contributed by atoms with E-state index in [-0.39, 0.29) is 0 Å². The Morgan fingerprint density at radius 3 is 0.638 bits per heavy atom. The van der Waals surface area contributed by atoms with E-state index in [9.17, 15) is 0 Å².